The summed E-state index contributed by atoms with van der Waals surface area (Å²) in [4.78, 5) is 17.1. The van der Waals surface area contributed by atoms with Crippen LogP contribution in [0.15, 0.2) is 24.4 Å². The second-order valence-electron chi connectivity index (χ2n) is 7.57. The van der Waals surface area contributed by atoms with Gasteiger partial charge in [-0.25, -0.2) is 13.8 Å². The van der Waals surface area contributed by atoms with Gasteiger partial charge in [-0.1, -0.05) is 17.4 Å². The Morgan fingerprint density at radius 2 is 2.15 bits per heavy atom. The SMILES string of the molecule is [2H]C([2H])([2H])O[C@H]1CO[C@@H](c2c(NC(=O)c3nc(-c4c(F)cccc4F)sc3N)cnn2C)CC[C@@H]1N. The lowest BCUT2D eigenvalue weighted by Gasteiger charge is -2.19. The number of carbonyl (C=O) groups excluding carboxylic acids is 1. The van der Waals surface area contributed by atoms with Crippen molar-refractivity contribution in [3.63, 3.8) is 0 Å². The fourth-order valence-electron chi connectivity index (χ4n) is 3.70. The minimum atomic E-state index is -2.62. The molecular formula is C21H24F2N6O3S. The Kier molecular flexibility index (Phi) is 5.63. The third-order valence-corrected chi connectivity index (χ3v) is 6.34. The van der Waals surface area contributed by atoms with Crippen molar-refractivity contribution in [1.82, 2.24) is 14.8 Å². The fraction of sp³-hybridized carbons (Fsp3) is 0.381. The minimum Gasteiger partial charge on any atom is -0.389 e. The van der Waals surface area contributed by atoms with Crippen LogP contribution in [0.1, 0.15) is 39.2 Å². The van der Waals surface area contributed by atoms with Crippen molar-refractivity contribution < 1.29 is 27.2 Å². The summed E-state index contributed by atoms with van der Waals surface area (Å²) in [5.41, 5.74) is 12.3. The van der Waals surface area contributed by atoms with Gasteiger partial charge in [-0.15, -0.1) is 0 Å². The predicted octanol–water partition coefficient (Wildman–Crippen LogP) is 2.85. The summed E-state index contributed by atoms with van der Waals surface area (Å²) in [5.74, 6) is -2.35. The molecule has 176 valence electrons. The number of methoxy groups -OCH3 is 1. The summed E-state index contributed by atoms with van der Waals surface area (Å²) in [6.45, 7) is -0.0701. The van der Waals surface area contributed by atoms with Crippen molar-refractivity contribution in [2.24, 2.45) is 12.8 Å². The average molecular weight is 482 g/mol. The number of amides is 1. The Hall–Kier alpha value is -2.93. The number of thiazole rings is 1. The molecule has 3 atom stereocenters. The Morgan fingerprint density at radius 3 is 2.88 bits per heavy atom. The Balaban J connectivity index is 1.54. The lowest BCUT2D eigenvalue weighted by molar-refractivity contribution is -0.0211. The molecule has 12 heteroatoms. The van der Waals surface area contributed by atoms with Crippen molar-refractivity contribution in [3.8, 4) is 10.6 Å². The number of carbonyl (C=O) groups is 1. The van der Waals surface area contributed by atoms with E-state index in [0.717, 1.165) is 23.5 Å². The topological polar surface area (TPSA) is 130 Å². The zero-order valence-corrected chi connectivity index (χ0v) is 18.4. The van der Waals surface area contributed by atoms with Crippen molar-refractivity contribution in [3.05, 3.63) is 47.4 Å². The summed E-state index contributed by atoms with van der Waals surface area (Å²) < 4.78 is 62.8. The molecule has 1 aromatic carbocycles. The monoisotopic (exact) mass is 481 g/mol. The molecule has 0 spiro atoms. The van der Waals surface area contributed by atoms with E-state index < -0.39 is 42.8 Å². The summed E-state index contributed by atoms with van der Waals surface area (Å²) >= 11 is 0.786. The first-order valence-electron chi connectivity index (χ1n) is 11.5. The molecule has 33 heavy (non-hydrogen) atoms. The molecule has 1 aliphatic rings. The highest BCUT2D eigenvalue weighted by molar-refractivity contribution is 7.19. The number of hydrogen-bond acceptors (Lipinski definition) is 8. The Labute approximate surface area is 196 Å². The zero-order chi connectivity index (χ0) is 26.2. The number of nitrogens with two attached hydrogens (primary N) is 2. The molecule has 4 rings (SSSR count). The van der Waals surface area contributed by atoms with Crippen LogP contribution in [0, 0.1) is 11.6 Å². The van der Waals surface area contributed by atoms with E-state index in [-0.39, 0.29) is 27.9 Å². The molecule has 9 nitrogen and oxygen atoms in total. The van der Waals surface area contributed by atoms with E-state index in [1.807, 2.05) is 0 Å². The first-order chi connectivity index (χ1) is 16.9. The van der Waals surface area contributed by atoms with Crippen molar-refractivity contribution in [1.29, 1.82) is 0 Å². The molecular weight excluding hydrogens is 454 g/mol. The zero-order valence-electron chi connectivity index (χ0n) is 20.5. The predicted molar refractivity (Wildman–Crippen MR) is 120 cm³/mol. The molecule has 2 aromatic heterocycles. The van der Waals surface area contributed by atoms with E-state index in [1.165, 1.54) is 16.9 Å². The van der Waals surface area contributed by atoms with Crippen LogP contribution in [0.25, 0.3) is 10.6 Å². The molecule has 1 aliphatic heterocycles. The molecule has 0 unspecified atom stereocenters. The number of nitrogens with one attached hydrogen (secondary N) is 1. The second kappa shape index (κ2) is 9.51. The van der Waals surface area contributed by atoms with Crippen molar-refractivity contribution in [2.75, 3.05) is 24.7 Å². The fourth-order valence-corrected chi connectivity index (χ4v) is 4.57. The lowest BCUT2D eigenvalue weighted by Crippen LogP contribution is -2.37. The molecule has 1 amide bonds. The van der Waals surface area contributed by atoms with Crippen LogP contribution >= 0.6 is 11.3 Å². The standard InChI is InChI=1S/C21H24F2N6O3S/c1-29-18(14-7-6-12(24)15(31-2)9-32-14)13(8-26-29)27-20(30)17-19(25)33-21(28-17)16-10(22)4-3-5-11(16)23/h3-5,8,12,14-15H,6-7,9,24-25H2,1-2H3,(H,27,30)/t12-,14+,15-/m0/s1/i2D3. The number of aromatic nitrogens is 3. The lowest BCUT2D eigenvalue weighted by atomic mass is 10.0. The molecule has 0 bridgehead atoms. The molecule has 5 N–H and O–H groups in total. The van der Waals surface area contributed by atoms with E-state index in [9.17, 15) is 13.6 Å². The summed E-state index contributed by atoms with van der Waals surface area (Å²) in [7, 11) is -0.957. The minimum absolute atomic E-state index is 0.0167. The number of rotatable bonds is 5. The van der Waals surface area contributed by atoms with Crippen LogP contribution in [0.4, 0.5) is 19.5 Å². The number of nitrogens with zero attached hydrogens (tertiary/aromatic N) is 3. The normalized spacial score (nSPS) is 22.8. The van der Waals surface area contributed by atoms with Gasteiger partial charge in [0.05, 0.1) is 40.0 Å². The maximum Gasteiger partial charge on any atom is 0.277 e. The highest BCUT2D eigenvalue weighted by Gasteiger charge is 2.30. The molecule has 0 saturated carbocycles. The van der Waals surface area contributed by atoms with Crippen LogP contribution < -0.4 is 16.8 Å². The van der Waals surface area contributed by atoms with Gasteiger partial charge in [0.15, 0.2) is 5.69 Å². The smallest absolute Gasteiger partial charge is 0.277 e. The average Bonchev–Trinajstić information content (AvgIpc) is 3.28. The van der Waals surface area contributed by atoms with Crippen molar-refractivity contribution >= 4 is 27.9 Å². The van der Waals surface area contributed by atoms with Gasteiger partial charge in [0, 0.05) is 20.1 Å². The Morgan fingerprint density at radius 1 is 1.39 bits per heavy atom. The molecule has 0 aliphatic carbocycles. The number of benzene rings is 1. The number of aryl methyl sites for hydroxylation is 1. The third kappa shape index (κ3) is 4.60. The van der Waals surface area contributed by atoms with E-state index in [2.05, 4.69) is 15.4 Å². The first-order valence-corrected chi connectivity index (χ1v) is 10.8. The molecule has 3 aromatic rings. The number of hydrogen-bond donors (Lipinski definition) is 3. The molecule has 1 fully saturated rings. The molecule has 3 heterocycles. The van der Waals surface area contributed by atoms with Gasteiger partial charge in [0.25, 0.3) is 5.91 Å². The van der Waals surface area contributed by atoms with Gasteiger partial charge in [0.1, 0.15) is 27.7 Å². The second-order valence-corrected chi connectivity index (χ2v) is 8.60. The van der Waals surface area contributed by atoms with Crippen LogP contribution in [-0.2, 0) is 16.5 Å². The van der Waals surface area contributed by atoms with Crippen LogP contribution in [0.2, 0.25) is 0 Å². The van der Waals surface area contributed by atoms with Crippen molar-refractivity contribution in [2.45, 2.75) is 31.1 Å². The van der Waals surface area contributed by atoms with E-state index in [0.29, 0.717) is 24.2 Å². The van der Waals surface area contributed by atoms with Crippen LogP contribution in [0.3, 0.4) is 0 Å². The summed E-state index contributed by atoms with van der Waals surface area (Å²) in [5, 5.41) is 6.78. The third-order valence-electron chi connectivity index (χ3n) is 5.44. The van der Waals surface area contributed by atoms with Gasteiger partial charge in [-0.3, -0.25) is 9.48 Å². The van der Waals surface area contributed by atoms with E-state index in [1.54, 1.807) is 7.05 Å². The Bertz CT molecular complexity index is 1250. The largest absolute Gasteiger partial charge is 0.389 e. The van der Waals surface area contributed by atoms with E-state index in [4.69, 9.17) is 25.1 Å². The summed E-state index contributed by atoms with van der Waals surface area (Å²) in [6, 6.07) is 2.84. The first kappa shape index (κ1) is 19.5. The number of halogens is 2. The van der Waals surface area contributed by atoms with Gasteiger partial charge >= 0.3 is 0 Å². The quantitative estimate of drug-likeness (QED) is 0.511. The van der Waals surface area contributed by atoms with Gasteiger partial charge in [-0.05, 0) is 25.0 Å². The van der Waals surface area contributed by atoms with Crippen LogP contribution in [-0.4, -0.2) is 46.5 Å². The highest BCUT2D eigenvalue weighted by atomic mass is 32.1. The van der Waals surface area contributed by atoms with Crippen LogP contribution in [0.5, 0.6) is 0 Å². The molecule has 0 radical (unpaired) electrons. The maximum absolute atomic E-state index is 14.2. The number of nitrogen functional groups attached to an aromatic ring is 1. The summed E-state index contributed by atoms with van der Waals surface area (Å²) in [6.07, 6.45) is 0.832. The maximum atomic E-state index is 14.2. The van der Waals surface area contributed by atoms with Gasteiger partial charge < -0.3 is 26.3 Å². The van der Waals surface area contributed by atoms with Gasteiger partial charge in [-0.2, -0.15) is 5.10 Å². The molecule has 1 saturated heterocycles. The highest BCUT2D eigenvalue weighted by Crippen LogP contribution is 2.35. The van der Waals surface area contributed by atoms with E-state index >= 15 is 0 Å². The number of anilines is 2. The van der Waals surface area contributed by atoms with Gasteiger partial charge in [0.2, 0.25) is 0 Å². The number of ether oxygens (including phenoxy) is 2.